The SMILES string of the molecule is C=CCN1CCSC1=NN=C1SCC(=O)N1C. The van der Waals surface area contributed by atoms with Crippen LogP contribution in [0.2, 0.25) is 0 Å². The molecule has 2 aliphatic heterocycles. The third-order valence-electron chi connectivity index (χ3n) is 2.42. The summed E-state index contributed by atoms with van der Waals surface area (Å²) in [5, 5.41) is 9.95. The summed E-state index contributed by atoms with van der Waals surface area (Å²) in [6.45, 7) is 5.48. The standard InChI is InChI=1S/C10H14N4OS2/c1-3-4-14-5-6-16-10(14)12-11-9-13(2)8(15)7-17-9/h3H,1,4-7H2,2H3. The molecule has 0 aliphatic carbocycles. The van der Waals surface area contributed by atoms with E-state index >= 15 is 0 Å². The maximum atomic E-state index is 11.3. The molecule has 5 nitrogen and oxygen atoms in total. The van der Waals surface area contributed by atoms with Crippen LogP contribution in [0.1, 0.15) is 0 Å². The molecule has 17 heavy (non-hydrogen) atoms. The van der Waals surface area contributed by atoms with Crippen LogP contribution in [0.25, 0.3) is 0 Å². The van der Waals surface area contributed by atoms with Gasteiger partial charge in [0.1, 0.15) is 0 Å². The summed E-state index contributed by atoms with van der Waals surface area (Å²) in [5.74, 6) is 1.57. The molecule has 1 amide bonds. The van der Waals surface area contributed by atoms with Crippen LogP contribution in [0.5, 0.6) is 0 Å². The highest BCUT2D eigenvalue weighted by Crippen LogP contribution is 2.20. The number of hydrogen-bond acceptors (Lipinski definition) is 5. The predicted molar refractivity (Wildman–Crippen MR) is 74.3 cm³/mol. The van der Waals surface area contributed by atoms with Crippen molar-refractivity contribution in [2.45, 2.75) is 0 Å². The average Bonchev–Trinajstić information content (AvgIpc) is 2.87. The molecule has 2 aliphatic rings. The highest BCUT2D eigenvalue weighted by atomic mass is 32.2. The fourth-order valence-corrected chi connectivity index (χ4v) is 3.24. The quantitative estimate of drug-likeness (QED) is 0.568. The summed E-state index contributed by atoms with van der Waals surface area (Å²) < 4.78 is 0. The molecule has 0 N–H and O–H groups in total. The van der Waals surface area contributed by atoms with Crippen LogP contribution in [-0.4, -0.2) is 57.7 Å². The summed E-state index contributed by atoms with van der Waals surface area (Å²) in [4.78, 5) is 15.0. The second-order valence-corrected chi connectivity index (χ2v) is 5.59. The summed E-state index contributed by atoms with van der Waals surface area (Å²) >= 11 is 3.11. The van der Waals surface area contributed by atoms with E-state index in [9.17, 15) is 4.79 Å². The molecule has 92 valence electrons. The lowest BCUT2D eigenvalue weighted by molar-refractivity contribution is -0.123. The number of carbonyl (C=O) groups excluding carboxylic acids is 1. The van der Waals surface area contributed by atoms with Crippen LogP contribution < -0.4 is 0 Å². The molecule has 2 fully saturated rings. The van der Waals surface area contributed by atoms with E-state index in [1.54, 1.807) is 23.7 Å². The van der Waals surface area contributed by atoms with Gasteiger partial charge in [-0.15, -0.1) is 16.8 Å². The van der Waals surface area contributed by atoms with Crippen molar-refractivity contribution < 1.29 is 4.79 Å². The smallest absolute Gasteiger partial charge is 0.238 e. The van der Waals surface area contributed by atoms with E-state index in [0.717, 1.165) is 24.0 Å². The predicted octanol–water partition coefficient (Wildman–Crippen LogP) is 1.05. The van der Waals surface area contributed by atoms with Crippen LogP contribution >= 0.6 is 23.5 Å². The molecule has 0 aromatic rings. The van der Waals surface area contributed by atoms with Gasteiger partial charge in [-0.2, -0.15) is 0 Å². The second-order valence-electron chi connectivity index (χ2n) is 3.59. The zero-order valence-corrected chi connectivity index (χ0v) is 11.3. The molecule has 0 unspecified atom stereocenters. The van der Waals surface area contributed by atoms with Crippen molar-refractivity contribution >= 4 is 39.8 Å². The molecule has 0 spiro atoms. The first kappa shape index (κ1) is 12.5. The number of hydrogen-bond donors (Lipinski definition) is 0. The number of carbonyl (C=O) groups is 1. The minimum Gasteiger partial charge on any atom is -0.345 e. The number of amidine groups is 2. The van der Waals surface area contributed by atoms with Gasteiger partial charge in [-0.1, -0.05) is 29.6 Å². The number of amides is 1. The lowest BCUT2D eigenvalue weighted by Crippen LogP contribution is -2.25. The highest BCUT2D eigenvalue weighted by molar-refractivity contribution is 8.15. The molecule has 7 heteroatoms. The summed E-state index contributed by atoms with van der Waals surface area (Å²) in [7, 11) is 1.73. The van der Waals surface area contributed by atoms with Crippen molar-refractivity contribution in [2.24, 2.45) is 10.2 Å². The lowest BCUT2D eigenvalue weighted by atomic mass is 10.5. The number of nitrogens with zero attached hydrogens (tertiary/aromatic N) is 4. The van der Waals surface area contributed by atoms with Gasteiger partial charge in [-0.05, 0) is 0 Å². The molecule has 2 saturated heterocycles. The van der Waals surface area contributed by atoms with Gasteiger partial charge in [0.05, 0.1) is 5.75 Å². The maximum Gasteiger partial charge on any atom is 0.238 e. The number of thioether (sulfide) groups is 2. The molecular weight excluding hydrogens is 256 g/mol. The second kappa shape index (κ2) is 5.59. The first-order valence-electron chi connectivity index (χ1n) is 5.26. The minimum atomic E-state index is 0.0796. The Kier molecular flexibility index (Phi) is 4.11. The molecule has 0 atom stereocenters. The van der Waals surface area contributed by atoms with Crippen molar-refractivity contribution in [1.29, 1.82) is 0 Å². The van der Waals surface area contributed by atoms with Crippen molar-refractivity contribution in [3.63, 3.8) is 0 Å². The monoisotopic (exact) mass is 270 g/mol. The third kappa shape index (κ3) is 2.84. The molecular formula is C10H14N4OS2. The largest absolute Gasteiger partial charge is 0.345 e. The zero-order chi connectivity index (χ0) is 12.3. The molecule has 0 aromatic heterocycles. The Morgan fingerprint density at radius 3 is 2.82 bits per heavy atom. The van der Waals surface area contributed by atoms with Gasteiger partial charge < -0.3 is 4.90 Å². The van der Waals surface area contributed by atoms with E-state index in [1.165, 1.54) is 11.8 Å². The van der Waals surface area contributed by atoms with E-state index in [2.05, 4.69) is 21.7 Å². The van der Waals surface area contributed by atoms with Crippen molar-refractivity contribution in [2.75, 3.05) is 31.6 Å². The van der Waals surface area contributed by atoms with Gasteiger partial charge in [0.25, 0.3) is 0 Å². The number of rotatable bonds is 3. The Bertz CT molecular complexity index is 394. The van der Waals surface area contributed by atoms with Crippen LogP contribution in [0.15, 0.2) is 22.9 Å². The average molecular weight is 270 g/mol. The maximum absolute atomic E-state index is 11.3. The third-order valence-corrected chi connectivity index (χ3v) is 4.41. The fraction of sp³-hybridized carbons (Fsp3) is 0.500. The van der Waals surface area contributed by atoms with Crippen LogP contribution in [0.3, 0.4) is 0 Å². The molecule has 0 bridgehead atoms. The Hall–Kier alpha value is -0.950. The van der Waals surface area contributed by atoms with Gasteiger partial charge in [-0.25, -0.2) is 0 Å². The Morgan fingerprint density at radius 2 is 2.18 bits per heavy atom. The summed E-state index contributed by atoms with van der Waals surface area (Å²) in [6.07, 6.45) is 1.86. The van der Waals surface area contributed by atoms with Crippen LogP contribution in [0.4, 0.5) is 0 Å². The molecule has 0 radical (unpaired) electrons. The molecule has 0 saturated carbocycles. The Labute approximate surface area is 109 Å². The Morgan fingerprint density at radius 1 is 1.41 bits per heavy atom. The van der Waals surface area contributed by atoms with E-state index in [-0.39, 0.29) is 5.91 Å². The topological polar surface area (TPSA) is 48.3 Å². The minimum absolute atomic E-state index is 0.0796. The van der Waals surface area contributed by atoms with Crippen LogP contribution in [-0.2, 0) is 4.79 Å². The van der Waals surface area contributed by atoms with Gasteiger partial charge in [-0.3, -0.25) is 9.69 Å². The van der Waals surface area contributed by atoms with Gasteiger partial charge in [0.15, 0.2) is 10.3 Å². The first-order chi connectivity index (χ1) is 8.22. The van der Waals surface area contributed by atoms with Crippen LogP contribution in [0, 0.1) is 0 Å². The van der Waals surface area contributed by atoms with Gasteiger partial charge in [0, 0.05) is 25.9 Å². The van der Waals surface area contributed by atoms with Crippen molar-refractivity contribution in [3.05, 3.63) is 12.7 Å². The van der Waals surface area contributed by atoms with Crippen molar-refractivity contribution in [3.8, 4) is 0 Å². The first-order valence-corrected chi connectivity index (χ1v) is 7.23. The zero-order valence-electron chi connectivity index (χ0n) is 9.63. The van der Waals surface area contributed by atoms with E-state index in [4.69, 9.17) is 0 Å². The fourth-order valence-electron chi connectivity index (χ4n) is 1.46. The highest BCUT2D eigenvalue weighted by Gasteiger charge is 2.25. The molecule has 2 rings (SSSR count). The molecule has 0 aromatic carbocycles. The van der Waals surface area contributed by atoms with E-state index < -0.39 is 0 Å². The van der Waals surface area contributed by atoms with Gasteiger partial charge in [0.2, 0.25) is 5.91 Å². The normalized spacial score (nSPS) is 25.4. The van der Waals surface area contributed by atoms with E-state index in [1.807, 2.05) is 6.08 Å². The summed E-state index contributed by atoms with van der Waals surface area (Å²) in [6, 6.07) is 0. The Balaban J connectivity index is 2.06. The van der Waals surface area contributed by atoms with Crippen molar-refractivity contribution in [1.82, 2.24) is 9.80 Å². The lowest BCUT2D eigenvalue weighted by Gasteiger charge is -2.13. The van der Waals surface area contributed by atoms with Gasteiger partial charge >= 0.3 is 0 Å². The molecule has 2 heterocycles. The van der Waals surface area contributed by atoms with E-state index in [0.29, 0.717) is 10.9 Å². The summed E-state index contributed by atoms with van der Waals surface area (Å²) in [5.41, 5.74) is 0.